The standard InChI is InChI=1S/C17H22N2O3S/c1-11-15(23-10-19-11)12-5-6-13(14(7-12)9-20)8-18-16(21)22-17(2,3)4/h5-7,10,20H,8-9H2,1-4H3,(H,18,21). The Labute approximate surface area is 140 Å². The van der Waals surface area contributed by atoms with E-state index in [1.54, 1.807) is 16.8 Å². The van der Waals surface area contributed by atoms with Gasteiger partial charge in [0, 0.05) is 6.54 Å². The molecule has 0 saturated heterocycles. The van der Waals surface area contributed by atoms with Crippen molar-refractivity contribution in [1.82, 2.24) is 10.3 Å². The van der Waals surface area contributed by atoms with E-state index in [1.165, 1.54) is 0 Å². The second kappa shape index (κ2) is 7.10. The van der Waals surface area contributed by atoms with Gasteiger partial charge in [-0.1, -0.05) is 12.1 Å². The Hall–Kier alpha value is -1.92. The van der Waals surface area contributed by atoms with Gasteiger partial charge in [-0.15, -0.1) is 11.3 Å². The number of ether oxygens (including phenoxy) is 1. The summed E-state index contributed by atoms with van der Waals surface area (Å²) < 4.78 is 5.21. The van der Waals surface area contributed by atoms with E-state index in [0.29, 0.717) is 6.54 Å². The van der Waals surface area contributed by atoms with E-state index in [-0.39, 0.29) is 6.61 Å². The number of aliphatic hydroxyl groups excluding tert-OH is 1. The van der Waals surface area contributed by atoms with Gasteiger partial charge in [0.1, 0.15) is 5.60 Å². The van der Waals surface area contributed by atoms with Crippen LogP contribution in [-0.4, -0.2) is 21.8 Å². The minimum atomic E-state index is -0.530. The molecule has 124 valence electrons. The summed E-state index contributed by atoms with van der Waals surface area (Å²) in [5.74, 6) is 0. The van der Waals surface area contributed by atoms with E-state index in [9.17, 15) is 9.90 Å². The molecule has 0 atom stereocenters. The number of amides is 1. The second-order valence-electron chi connectivity index (χ2n) is 6.26. The van der Waals surface area contributed by atoms with E-state index in [1.807, 2.05) is 45.9 Å². The highest BCUT2D eigenvalue weighted by atomic mass is 32.1. The number of hydrogen-bond acceptors (Lipinski definition) is 5. The molecule has 0 fully saturated rings. The molecule has 0 unspecified atom stereocenters. The fraction of sp³-hybridized carbons (Fsp3) is 0.412. The number of aliphatic hydroxyl groups is 1. The highest BCUT2D eigenvalue weighted by molar-refractivity contribution is 7.13. The van der Waals surface area contributed by atoms with Gasteiger partial charge in [0.2, 0.25) is 0 Å². The van der Waals surface area contributed by atoms with Gasteiger partial charge in [0.25, 0.3) is 0 Å². The minimum Gasteiger partial charge on any atom is -0.444 e. The van der Waals surface area contributed by atoms with Gasteiger partial charge in [-0.05, 0) is 50.5 Å². The van der Waals surface area contributed by atoms with Crippen molar-refractivity contribution in [1.29, 1.82) is 0 Å². The van der Waals surface area contributed by atoms with Crippen molar-refractivity contribution in [3.05, 3.63) is 40.5 Å². The zero-order valence-corrected chi connectivity index (χ0v) is 14.7. The molecule has 0 bridgehead atoms. The highest BCUT2D eigenvalue weighted by Crippen LogP contribution is 2.29. The third-order valence-electron chi connectivity index (χ3n) is 3.21. The van der Waals surface area contributed by atoms with Gasteiger partial charge in [-0.25, -0.2) is 9.78 Å². The number of benzene rings is 1. The number of thiazole rings is 1. The van der Waals surface area contributed by atoms with Crippen LogP contribution >= 0.6 is 11.3 Å². The molecule has 0 saturated carbocycles. The number of nitrogens with one attached hydrogen (secondary N) is 1. The smallest absolute Gasteiger partial charge is 0.407 e. The summed E-state index contributed by atoms with van der Waals surface area (Å²) in [6, 6.07) is 5.83. The predicted molar refractivity (Wildman–Crippen MR) is 91.3 cm³/mol. The topological polar surface area (TPSA) is 71.5 Å². The third kappa shape index (κ3) is 4.77. The van der Waals surface area contributed by atoms with E-state index in [0.717, 1.165) is 27.3 Å². The van der Waals surface area contributed by atoms with Crippen LogP contribution in [0.25, 0.3) is 10.4 Å². The summed E-state index contributed by atoms with van der Waals surface area (Å²) in [6.45, 7) is 7.64. The zero-order chi connectivity index (χ0) is 17.0. The molecule has 0 radical (unpaired) electrons. The molecular weight excluding hydrogens is 312 g/mol. The van der Waals surface area contributed by atoms with Gasteiger partial charge in [0.15, 0.2) is 0 Å². The molecule has 23 heavy (non-hydrogen) atoms. The number of alkyl carbamates (subject to hydrolysis) is 1. The molecule has 1 aromatic carbocycles. The summed E-state index contributed by atoms with van der Waals surface area (Å²) in [7, 11) is 0. The highest BCUT2D eigenvalue weighted by Gasteiger charge is 2.16. The molecule has 5 nitrogen and oxygen atoms in total. The van der Waals surface area contributed by atoms with Crippen LogP contribution in [-0.2, 0) is 17.9 Å². The van der Waals surface area contributed by atoms with Crippen molar-refractivity contribution >= 4 is 17.4 Å². The lowest BCUT2D eigenvalue weighted by Crippen LogP contribution is -2.32. The molecule has 6 heteroatoms. The van der Waals surface area contributed by atoms with Crippen LogP contribution in [0.2, 0.25) is 0 Å². The predicted octanol–water partition coefficient (Wildman–Crippen LogP) is 3.64. The Morgan fingerprint density at radius 2 is 2.09 bits per heavy atom. The first-order valence-corrected chi connectivity index (χ1v) is 8.28. The van der Waals surface area contributed by atoms with E-state index < -0.39 is 11.7 Å². The molecule has 1 heterocycles. The average molecular weight is 334 g/mol. The lowest BCUT2D eigenvalue weighted by Gasteiger charge is -2.20. The van der Waals surface area contributed by atoms with Gasteiger partial charge in [0.05, 0.1) is 22.7 Å². The van der Waals surface area contributed by atoms with Gasteiger partial charge in [-0.2, -0.15) is 0 Å². The summed E-state index contributed by atoms with van der Waals surface area (Å²) in [6.07, 6.45) is -0.469. The summed E-state index contributed by atoms with van der Waals surface area (Å²) >= 11 is 1.57. The van der Waals surface area contributed by atoms with Crippen LogP contribution < -0.4 is 5.32 Å². The Morgan fingerprint density at radius 1 is 1.35 bits per heavy atom. The fourth-order valence-corrected chi connectivity index (χ4v) is 2.95. The lowest BCUT2D eigenvalue weighted by atomic mass is 10.0. The zero-order valence-electron chi connectivity index (χ0n) is 13.8. The van der Waals surface area contributed by atoms with Crippen molar-refractivity contribution in [2.24, 2.45) is 0 Å². The van der Waals surface area contributed by atoms with Gasteiger partial charge in [-0.3, -0.25) is 0 Å². The number of rotatable bonds is 4. The number of aryl methyl sites for hydroxylation is 1. The van der Waals surface area contributed by atoms with Crippen molar-refractivity contribution in [2.45, 2.75) is 46.4 Å². The van der Waals surface area contributed by atoms with E-state index in [4.69, 9.17) is 4.74 Å². The van der Waals surface area contributed by atoms with Crippen molar-refractivity contribution in [3.63, 3.8) is 0 Å². The maximum Gasteiger partial charge on any atom is 0.407 e. The van der Waals surface area contributed by atoms with Crippen LogP contribution in [0.5, 0.6) is 0 Å². The maximum atomic E-state index is 11.7. The summed E-state index contributed by atoms with van der Waals surface area (Å²) in [5, 5.41) is 12.3. The number of aromatic nitrogens is 1. The van der Waals surface area contributed by atoms with Crippen LogP contribution in [0.1, 0.15) is 37.6 Å². The first kappa shape index (κ1) is 17.4. The number of carbonyl (C=O) groups is 1. The number of nitrogens with zero attached hydrogens (tertiary/aromatic N) is 1. The van der Waals surface area contributed by atoms with Gasteiger partial charge < -0.3 is 15.2 Å². The Balaban J connectivity index is 2.11. The lowest BCUT2D eigenvalue weighted by molar-refractivity contribution is 0.0523. The average Bonchev–Trinajstić information content (AvgIpc) is 2.89. The van der Waals surface area contributed by atoms with Crippen LogP contribution in [0.4, 0.5) is 4.79 Å². The summed E-state index contributed by atoms with van der Waals surface area (Å²) in [4.78, 5) is 17.1. The summed E-state index contributed by atoms with van der Waals surface area (Å²) in [5.41, 5.74) is 4.92. The molecule has 0 aliphatic heterocycles. The fourth-order valence-electron chi connectivity index (χ4n) is 2.15. The monoisotopic (exact) mass is 334 g/mol. The molecule has 0 spiro atoms. The van der Waals surface area contributed by atoms with Crippen molar-refractivity contribution < 1.29 is 14.6 Å². The van der Waals surface area contributed by atoms with Crippen LogP contribution in [0.3, 0.4) is 0 Å². The molecule has 2 aromatic rings. The number of carbonyl (C=O) groups excluding carboxylic acids is 1. The Bertz CT molecular complexity index is 689. The molecule has 2 N–H and O–H groups in total. The Kier molecular flexibility index (Phi) is 5.38. The Morgan fingerprint density at radius 3 is 2.65 bits per heavy atom. The third-order valence-corrected chi connectivity index (χ3v) is 4.18. The molecular formula is C17H22N2O3S. The second-order valence-corrected chi connectivity index (χ2v) is 7.12. The molecule has 0 aliphatic rings. The molecule has 0 aliphatic carbocycles. The van der Waals surface area contributed by atoms with E-state index >= 15 is 0 Å². The van der Waals surface area contributed by atoms with Crippen molar-refractivity contribution in [3.8, 4) is 10.4 Å². The van der Waals surface area contributed by atoms with Crippen LogP contribution in [0.15, 0.2) is 23.7 Å². The minimum absolute atomic E-state index is 0.0863. The molecule has 2 rings (SSSR count). The van der Waals surface area contributed by atoms with Gasteiger partial charge >= 0.3 is 6.09 Å². The SMILES string of the molecule is Cc1ncsc1-c1ccc(CNC(=O)OC(C)(C)C)c(CO)c1. The van der Waals surface area contributed by atoms with E-state index in [2.05, 4.69) is 10.3 Å². The maximum absolute atomic E-state index is 11.7. The first-order chi connectivity index (χ1) is 10.8. The largest absolute Gasteiger partial charge is 0.444 e. The normalized spacial score (nSPS) is 11.3. The van der Waals surface area contributed by atoms with Crippen molar-refractivity contribution in [2.75, 3.05) is 0 Å². The quantitative estimate of drug-likeness (QED) is 0.895. The number of hydrogen-bond donors (Lipinski definition) is 2. The van der Waals surface area contributed by atoms with Crippen LogP contribution in [0, 0.1) is 6.92 Å². The molecule has 1 aromatic heterocycles. The molecule has 1 amide bonds. The first-order valence-electron chi connectivity index (χ1n) is 7.40.